The number of carbonyl (C=O) groups excluding carboxylic acids is 1. The summed E-state index contributed by atoms with van der Waals surface area (Å²) in [5.41, 5.74) is 4.23. The lowest BCUT2D eigenvalue weighted by molar-refractivity contribution is -0.145. The van der Waals surface area contributed by atoms with E-state index in [1.54, 1.807) is 0 Å². The van der Waals surface area contributed by atoms with Crippen LogP contribution in [-0.4, -0.2) is 29.1 Å². The molecule has 0 saturated heterocycles. The van der Waals surface area contributed by atoms with Gasteiger partial charge in [-0.3, -0.25) is 4.79 Å². The van der Waals surface area contributed by atoms with E-state index in [1.165, 1.54) is 0 Å². The lowest BCUT2D eigenvalue weighted by Gasteiger charge is -2.35. The summed E-state index contributed by atoms with van der Waals surface area (Å²) in [6.45, 7) is 0.314. The third-order valence-electron chi connectivity index (χ3n) is 4.20. The number of rotatable bonds is 4. The molecule has 0 aromatic carbocycles. The molecule has 0 aromatic heterocycles. The monoisotopic (exact) mass is 240 g/mol. The Morgan fingerprint density at radius 2 is 1.71 bits per heavy atom. The molecule has 0 bridgehead atoms. The van der Waals surface area contributed by atoms with Crippen molar-refractivity contribution in [3.8, 4) is 0 Å². The Labute approximate surface area is 101 Å². The highest BCUT2D eigenvalue weighted by molar-refractivity contribution is 5.92. The zero-order chi connectivity index (χ0) is 12.5. The van der Waals surface area contributed by atoms with Gasteiger partial charge in [0.05, 0.1) is 5.41 Å². The van der Waals surface area contributed by atoms with Crippen LogP contribution in [-0.2, 0) is 9.59 Å². The van der Waals surface area contributed by atoms with Crippen LogP contribution in [0.4, 0.5) is 0 Å². The quantitative estimate of drug-likeness (QED) is 0.672. The van der Waals surface area contributed by atoms with Crippen LogP contribution in [0.25, 0.3) is 0 Å². The zero-order valence-electron chi connectivity index (χ0n) is 10.00. The number of nitrogens with two attached hydrogens (primary N) is 1. The molecule has 1 amide bonds. The van der Waals surface area contributed by atoms with Gasteiger partial charge in [0, 0.05) is 6.54 Å². The molecule has 5 heteroatoms. The summed E-state index contributed by atoms with van der Waals surface area (Å²) >= 11 is 0. The number of carboxylic acid groups (broad SMARTS) is 1. The lowest BCUT2D eigenvalue weighted by Crippen LogP contribution is -2.53. The molecule has 0 radical (unpaired) electrons. The van der Waals surface area contributed by atoms with Crippen LogP contribution in [0.15, 0.2) is 0 Å². The molecule has 96 valence electrons. The van der Waals surface area contributed by atoms with Gasteiger partial charge in [-0.15, -0.1) is 0 Å². The zero-order valence-corrected chi connectivity index (χ0v) is 10.00. The predicted molar refractivity (Wildman–Crippen MR) is 62.3 cm³/mol. The van der Waals surface area contributed by atoms with E-state index in [0.29, 0.717) is 19.4 Å². The molecule has 5 nitrogen and oxygen atoms in total. The first-order valence-corrected chi connectivity index (χ1v) is 6.31. The minimum atomic E-state index is -0.989. The number of hydrogen-bond acceptors (Lipinski definition) is 3. The van der Waals surface area contributed by atoms with Gasteiger partial charge in [-0.25, -0.2) is 4.79 Å². The van der Waals surface area contributed by atoms with Crippen molar-refractivity contribution in [2.75, 3.05) is 6.54 Å². The number of nitrogens with one attached hydrogen (secondary N) is 1. The first kappa shape index (κ1) is 12.4. The molecule has 0 aromatic rings. The van der Waals surface area contributed by atoms with Crippen molar-refractivity contribution < 1.29 is 14.7 Å². The van der Waals surface area contributed by atoms with E-state index in [2.05, 4.69) is 5.32 Å². The Balaban J connectivity index is 2.05. The van der Waals surface area contributed by atoms with E-state index in [-0.39, 0.29) is 5.91 Å². The normalized spacial score (nSPS) is 25.0. The fourth-order valence-corrected chi connectivity index (χ4v) is 2.62. The van der Waals surface area contributed by atoms with Crippen molar-refractivity contribution in [3.05, 3.63) is 0 Å². The summed E-state index contributed by atoms with van der Waals surface area (Å²) in [5.74, 6) is -1.08. The van der Waals surface area contributed by atoms with Gasteiger partial charge in [0.2, 0.25) is 5.91 Å². The van der Waals surface area contributed by atoms with Crippen molar-refractivity contribution >= 4 is 11.9 Å². The van der Waals surface area contributed by atoms with Gasteiger partial charge in [-0.1, -0.05) is 19.3 Å². The highest BCUT2D eigenvalue weighted by Gasteiger charge is 2.54. The van der Waals surface area contributed by atoms with E-state index in [4.69, 9.17) is 10.8 Å². The molecular formula is C12H20N2O3. The van der Waals surface area contributed by atoms with Crippen LogP contribution in [0.5, 0.6) is 0 Å². The van der Waals surface area contributed by atoms with Crippen LogP contribution in [0.1, 0.15) is 44.9 Å². The van der Waals surface area contributed by atoms with Gasteiger partial charge in [-0.05, 0) is 25.7 Å². The van der Waals surface area contributed by atoms with Crippen molar-refractivity contribution in [2.24, 2.45) is 11.1 Å². The predicted octanol–water partition coefficient (Wildman–Crippen LogP) is 0.629. The fourth-order valence-electron chi connectivity index (χ4n) is 2.62. The van der Waals surface area contributed by atoms with Gasteiger partial charge in [-0.2, -0.15) is 0 Å². The Hall–Kier alpha value is -1.10. The SMILES string of the molecule is NCC1(C(=O)NC2(C(=O)O)CC2)CCCCC1. The largest absolute Gasteiger partial charge is 0.480 e. The average molecular weight is 240 g/mol. The van der Waals surface area contributed by atoms with E-state index in [1.807, 2.05) is 0 Å². The fraction of sp³-hybridized carbons (Fsp3) is 0.833. The van der Waals surface area contributed by atoms with Gasteiger partial charge < -0.3 is 16.2 Å². The number of hydrogen-bond donors (Lipinski definition) is 3. The van der Waals surface area contributed by atoms with Crippen LogP contribution in [0.2, 0.25) is 0 Å². The summed E-state index contributed by atoms with van der Waals surface area (Å²) in [6, 6.07) is 0. The standard InChI is InChI=1S/C12H20N2O3/c13-8-11(4-2-1-3-5-11)9(15)14-12(6-7-12)10(16)17/h1-8,13H2,(H,14,15)(H,16,17). The third kappa shape index (κ3) is 2.16. The Kier molecular flexibility index (Phi) is 3.12. The molecule has 0 heterocycles. The Morgan fingerprint density at radius 3 is 2.12 bits per heavy atom. The van der Waals surface area contributed by atoms with Crippen LogP contribution in [0, 0.1) is 5.41 Å². The van der Waals surface area contributed by atoms with E-state index in [0.717, 1.165) is 32.1 Å². The van der Waals surface area contributed by atoms with Crippen LogP contribution in [0.3, 0.4) is 0 Å². The summed E-state index contributed by atoms with van der Waals surface area (Å²) in [4.78, 5) is 23.3. The molecule has 17 heavy (non-hydrogen) atoms. The summed E-state index contributed by atoms with van der Waals surface area (Å²) in [5, 5.41) is 11.8. The number of carbonyl (C=O) groups is 2. The first-order valence-electron chi connectivity index (χ1n) is 6.31. The second-order valence-electron chi connectivity index (χ2n) is 5.39. The maximum absolute atomic E-state index is 12.3. The van der Waals surface area contributed by atoms with Gasteiger partial charge in [0.25, 0.3) is 0 Å². The Bertz CT molecular complexity index is 331. The van der Waals surface area contributed by atoms with Gasteiger partial charge in [0.1, 0.15) is 5.54 Å². The van der Waals surface area contributed by atoms with Crippen molar-refractivity contribution in [2.45, 2.75) is 50.5 Å². The highest BCUT2D eigenvalue weighted by atomic mass is 16.4. The summed E-state index contributed by atoms with van der Waals surface area (Å²) in [7, 11) is 0. The molecule has 4 N–H and O–H groups in total. The van der Waals surface area contributed by atoms with E-state index < -0.39 is 16.9 Å². The number of aliphatic carboxylic acids is 1. The second-order valence-corrected chi connectivity index (χ2v) is 5.39. The topological polar surface area (TPSA) is 92.4 Å². The van der Waals surface area contributed by atoms with Crippen molar-refractivity contribution in [1.29, 1.82) is 0 Å². The molecule has 2 saturated carbocycles. The minimum absolute atomic E-state index is 0.153. The van der Waals surface area contributed by atoms with Crippen molar-refractivity contribution in [3.63, 3.8) is 0 Å². The molecule has 2 aliphatic rings. The molecule has 0 atom stereocenters. The number of amides is 1. The molecule has 0 unspecified atom stereocenters. The van der Waals surface area contributed by atoms with Gasteiger partial charge in [0.15, 0.2) is 0 Å². The highest BCUT2D eigenvalue weighted by Crippen LogP contribution is 2.40. The molecule has 0 spiro atoms. The second kappa shape index (κ2) is 4.29. The minimum Gasteiger partial charge on any atom is -0.480 e. The maximum Gasteiger partial charge on any atom is 0.329 e. The molecule has 2 fully saturated rings. The lowest BCUT2D eigenvalue weighted by atomic mass is 9.73. The first-order chi connectivity index (χ1) is 8.05. The van der Waals surface area contributed by atoms with E-state index >= 15 is 0 Å². The molecule has 2 rings (SSSR count). The molecule has 2 aliphatic carbocycles. The third-order valence-corrected chi connectivity index (χ3v) is 4.20. The summed E-state index contributed by atoms with van der Waals surface area (Å²) in [6.07, 6.45) is 5.79. The van der Waals surface area contributed by atoms with E-state index in [9.17, 15) is 9.59 Å². The van der Waals surface area contributed by atoms with Crippen molar-refractivity contribution in [1.82, 2.24) is 5.32 Å². The maximum atomic E-state index is 12.3. The molecule has 0 aliphatic heterocycles. The van der Waals surface area contributed by atoms with Crippen LogP contribution < -0.4 is 11.1 Å². The molecular weight excluding hydrogens is 220 g/mol. The van der Waals surface area contributed by atoms with Gasteiger partial charge >= 0.3 is 5.97 Å². The average Bonchev–Trinajstić information content (AvgIpc) is 3.11. The van der Waals surface area contributed by atoms with Crippen LogP contribution >= 0.6 is 0 Å². The Morgan fingerprint density at radius 1 is 1.12 bits per heavy atom. The smallest absolute Gasteiger partial charge is 0.329 e. The number of carboxylic acids is 1. The summed E-state index contributed by atoms with van der Waals surface area (Å²) < 4.78 is 0.